The molecule has 3 rings (SSSR count). The fourth-order valence-corrected chi connectivity index (χ4v) is 3.28. The Morgan fingerprint density at radius 2 is 1.61 bits per heavy atom. The van der Waals surface area contributed by atoms with Crippen LogP contribution in [0.5, 0.6) is 0 Å². The maximum atomic E-state index is 12.9. The molecule has 28 heavy (non-hydrogen) atoms. The lowest BCUT2D eigenvalue weighted by atomic mass is 10.0. The first-order chi connectivity index (χ1) is 13.1. The summed E-state index contributed by atoms with van der Waals surface area (Å²) in [5, 5.41) is 3.47. The number of benzene rings is 1. The SMILES string of the molecule is CC(=O)c1ccc(C(=O)N2CCC(n3nc(C(F)(F)F)n(C)c3=O)CC2)cc1. The Balaban J connectivity index is 1.70. The summed E-state index contributed by atoms with van der Waals surface area (Å²) in [6.45, 7) is 2.02. The predicted molar refractivity (Wildman–Crippen MR) is 93.1 cm³/mol. The summed E-state index contributed by atoms with van der Waals surface area (Å²) in [5.41, 5.74) is 0.111. The van der Waals surface area contributed by atoms with Crippen molar-refractivity contribution in [3.8, 4) is 0 Å². The van der Waals surface area contributed by atoms with Gasteiger partial charge < -0.3 is 4.90 Å². The number of alkyl halides is 3. The molecular weight excluding hydrogens is 377 g/mol. The number of aromatic nitrogens is 3. The molecule has 0 spiro atoms. The van der Waals surface area contributed by atoms with E-state index in [9.17, 15) is 27.6 Å². The molecule has 1 aliphatic heterocycles. The van der Waals surface area contributed by atoms with Gasteiger partial charge in [0, 0.05) is 31.3 Å². The topological polar surface area (TPSA) is 77.2 Å². The van der Waals surface area contributed by atoms with Crippen molar-refractivity contribution in [3.05, 3.63) is 51.7 Å². The summed E-state index contributed by atoms with van der Waals surface area (Å²) in [5.74, 6) is -1.56. The number of likely N-dealkylation sites (tertiary alicyclic amines) is 1. The number of amides is 1. The normalized spacial score (nSPS) is 15.7. The number of halogens is 3. The van der Waals surface area contributed by atoms with Gasteiger partial charge in [-0.1, -0.05) is 12.1 Å². The minimum absolute atomic E-state index is 0.0983. The standard InChI is InChI=1S/C18H19F3N4O3/c1-11(26)12-3-5-13(6-4-12)15(27)24-9-7-14(8-10-24)25-17(28)23(2)16(22-25)18(19,20)21/h3-6,14H,7-10H2,1-2H3. The van der Waals surface area contributed by atoms with Gasteiger partial charge in [0.2, 0.25) is 5.82 Å². The highest BCUT2D eigenvalue weighted by atomic mass is 19.4. The molecule has 0 radical (unpaired) electrons. The van der Waals surface area contributed by atoms with Crippen LogP contribution in [0.25, 0.3) is 0 Å². The molecule has 0 bridgehead atoms. The van der Waals surface area contributed by atoms with E-state index >= 15 is 0 Å². The second kappa shape index (κ2) is 7.25. The van der Waals surface area contributed by atoms with Crippen LogP contribution in [0.2, 0.25) is 0 Å². The number of carbonyl (C=O) groups is 2. The lowest BCUT2D eigenvalue weighted by molar-refractivity contribution is -0.147. The Kier molecular flexibility index (Phi) is 5.14. The van der Waals surface area contributed by atoms with E-state index in [-0.39, 0.29) is 11.7 Å². The molecule has 0 N–H and O–H groups in total. The maximum absolute atomic E-state index is 12.9. The van der Waals surface area contributed by atoms with Gasteiger partial charge in [0.25, 0.3) is 5.91 Å². The van der Waals surface area contributed by atoms with Crippen molar-refractivity contribution < 1.29 is 22.8 Å². The molecule has 0 unspecified atom stereocenters. The molecule has 1 aromatic heterocycles. The Morgan fingerprint density at radius 1 is 1.07 bits per heavy atom. The summed E-state index contributed by atoms with van der Waals surface area (Å²) in [7, 11) is 1.04. The summed E-state index contributed by atoms with van der Waals surface area (Å²) in [6.07, 6.45) is -4.06. The van der Waals surface area contributed by atoms with Crippen LogP contribution in [-0.4, -0.2) is 44.0 Å². The molecule has 150 valence electrons. The Morgan fingerprint density at radius 3 is 2.07 bits per heavy atom. The van der Waals surface area contributed by atoms with Crippen LogP contribution < -0.4 is 5.69 Å². The fraction of sp³-hybridized carbons (Fsp3) is 0.444. The number of hydrogen-bond acceptors (Lipinski definition) is 4. The largest absolute Gasteiger partial charge is 0.451 e. The molecule has 1 amide bonds. The van der Waals surface area contributed by atoms with Crippen LogP contribution in [0.1, 0.15) is 52.3 Å². The first kappa shape index (κ1) is 19.8. The highest BCUT2D eigenvalue weighted by Gasteiger charge is 2.39. The molecule has 1 aliphatic rings. The predicted octanol–water partition coefficient (Wildman–Crippen LogP) is 2.28. The van der Waals surface area contributed by atoms with Crippen LogP contribution in [-0.2, 0) is 13.2 Å². The van der Waals surface area contributed by atoms with Crippen molar-refractivity contribution in [1.29, 1.82) is 0 Å². The van der Waals surface area contributed by atoms with E-state index in [1.165, 1.54) is 6.92 Å². The zero-order valence-electron chi connectivity index (χ0n) is 15.4. The molecule has 0 aliphatic carbocycles. The Bertz CT molecular complexity index is 952. The Labute approximate surface area is 158 Å². The van der Waals surface area contributed by atoms with Gasteiger partial charge >= 0.3 is 11.9 Å². The first-order valence-corrected chi connectivity index (χ1v) is 8.72. The van der Waals surface area contributed by atoms with Crippen LogP contribution >= 0.6 is 0 Å². The van der Waals surface area contributed by atoms with Gasteiger partial charge in [-0.3, -0.25) is 14.2 Å². The van der Waals surface area contributed by atoms with Crippen LogP contribution in [0.15, 0.2) is 29.1 Å². The molecule has 1 fully saturated rings. The second-order valence-electron chi connectivity index (χ2n) is 6.76. The van der Waals surface area contributed by atoms with Gasteiger partial charge in [-0.15, -0.1) is 5.10 Å². The number of Topliss-reactive ketones (excluding diaryl/α,β-unsaturated/α-hetero) is 1. The van der Waals surface area contributed by atoms with Crippen molar-refractivity contribution >= 4 is 11.7 Å². The van der Waals surface area contributed by atoms with Crippen LogP contribution in [0.4, 0.5) is 13.2 Å². The molecule has 0 saturated carbocycles. The van der Waals surface area contributed by atoms with Crippen molar-refractivity contribution in [2.45, 2.75) is 32.0 Å². The maximum Gasteiger partial charge on any atom is 0.451 e. The minimum Gasteiger partial charge on any atom is -0.338 e. The number of nitrogens with zero attached hydrogens (tertiary/aromatic N) is 4. The quantitative estimate of drug-likeness (QED) is 0.746. The fourth-order valence-electron chi connectivity index (χ4n) is 3.28. The number of carbonyl (C=O) groups excluding carboxylic acids is 2. The van der Waals surface area contributed by atoms with Gasteiger partial charge in [-0.25, -0.2) is 9.48 Å². The third-order valence-electron chi connectivity index (χ3n) is 4.89. The zero-order chi connectivity index (χ0) is 20.6. The lowest BCUT2D eigenvalue weighted by Gasteiger charge is -2.31. The monoisotopic (exact) mass is 396 g/mol. The first-order valence-electron chi connectivity index (χ1n) is 8.72. The van der Waals surface area contributed by atoms with E-state index in [2.05, 4.69) is 5.10 Å². The van der Waals surface area contributed by atoms with Gasteiger partial charge in [0.15, 0.2) is 5.78 Å². The lowest BCUT2D eigenvalue weighted by Crippen LogP contribution is -2.41. The summed E-state index contributed by atoms with van der Waals surface area (Å²) in [6, 6.07) is 5.80. The number of ketones is 1. The number of rotatable bonds is 3. The highest BCUT2D eigenvalue weighted by Crippen LogP contribution is 2.28. The zero-order valence-corrected chi connectivity index (χ0v) is 15.4. The average Bonchev–Trinajstić information content (AvgIpc) is 2.97. The molecule has 2 heterocycles. The average molecular weight is 396 g/mol. The molecular formula is C18H19F3N4O3. The van der Waals surface area contributed by atoms with E-state index in [4.69, 9.17) is 0 Å². The van der Waals surface area contributed by atoms with E-state index in [1.54, 1.807) is 29.2 Å². The minimum atomic E-state index is -4.71. The molecule has 1 aromatic carbocycles. The van der Waals surface area contributed by atoms with Crippen LogP contribution in [0.3, 0.4) is 0 Å². The van der Waals surface area contributed by atoms with Gasteiger partial charge in [-0.2, -0.15) is 13.2 Å². The smallest absolute Gasteiger partial charge is 0.338 e. The second-order valence-corrected chi connectivity index (χ2v) is 6.76. The van der Waals surface area contributed by atoms with Crippen molar-refractivity contribution in [2.75, 3.05) is 13.1 Å². The van der Waals surface area contributed by atoms with Crippen LogP contribution in [0, 0.1) is 0 Å². The number of piperidine rings is 1. The van der Waals surface area contributed by atoms with Crippen molar-refractivity contribution in [1.82, 2.24) is 19.2 Å². The van der Waals surface area contributed by atoms with Gasteiger partial charge in [0.05, 0.1) is 6.04 Å². The van der Waals surface area contributed by atoms with Gasteiger partial charge in [-0.05, 0) is 31.9 Å². The Hall–Kier alpha value is -2.91. The molecule has 1 saturated heterocycles. The molecule has 0 atom stereocenters. The summed E-state index contributed by atoms with van der Waals surface area (Å²) >= 11 is 0. The van der Waals surface area contributed by atoms with Gasteiger partial charge in [0.1, 0.15) is 0 Å². The highest BCUT2D eigenvalue weighted by molar-refractivity contribution is 5.97. The van der Waals surface area contributed by atoms with E-state index in [1.807, 2.05) is 0 Å². The summed E-state index contributed by atoms with van der Waals surface area (Å²) in [4.78, 5) is 37.6. The van der Waals surface area contributed by atoms with Crippen molar-refractivity contribution in [3.63, 3.8) is 0 Å². The number of hydrogen-bond donors (Lipinski definition) is 0. The third-order valence-corrected chi connectivity index (χ3v) is 4.89. The molecule has 2 aromatic rings. The van der Waals surface area contributed by atoms with E-state index in [0.29, 0.717) is 41.6 Å². The van der Waals surface area contributed by atoms with Crippen molar-refractivity contribution in [2.24, 2.45) is 7.05 Å². The molecule has 10 heteroatoms. The van der Waals surface area contributed by atoms with E-state index < -0.39 is 23.7 Å². The third kappa shape index (κ3) is 3.71. The summed E-state index contributed by atoms with van der Waals surface area (Å²) < 4.78 is 40.2. The molecule has 7 nitrogen and oxygen atoms in total. The van der Waals surface area contributed by atoms with E-state index in [0.717, 1.165) is 11.7 Å².